The van der Waals surface area contributed by atoms with Crippen molar-refractivity contribution in [2.75, 3.05) is 0 Å². The summed E-state index contributed by atoms with van der Waals surface area (Å²) in [6.45, 7) is 6.36. The number of ketones is 2. The van der Waals surface area contributed by atoms with Gasteiger partial charge in [0.15, 0.2) is 0 Å². The third kappa shape index (κ3) is 2.12. The van der Waals surface area contributed by atoms with Crippen LogP contribution in [0.15, 0.2) is 0 Å². The molecule has 0 aromatic carbocycles. The summed E-state index contributed by atoms with van der Waals surface area (Å²) in [5.41, 5.74) is 0.103. The molecule has 4 saturated carbocycles. The lowest BCUT2D eigenvalue weighted by molar-refractivity contribution is -0.173. The molecule has 8 atom stereocenters. The number of aliphatic hydroxyl groups excluding tert-OH is 1. The molecule has 4 aliphatic rings. The van der Waals surface area contributed by atoms with Crippen LogP contribution in [0.25, 0.3) is 0 Å². The van der Waals surface area contributed by atoms with Gasteiger partial charge in [-0.2, -0.15) is 0 Å². The van der Waals surface area contributed by atoms with Gasteiger partial charge in [0.25, 0.3) is 0 Å². The Bertz CT molecular complexity index is 569. The van der Waals surface area contributed by atoms with E-state index in [2.05, 4.69) is 13.8 Å². The number of aliphatic hydroxyl groups is 1. The zero-order chi connectivity index (χ0) is 17.3. The summed E-state index contributed by atoms with van der Waals surface area (Å²) in [5, 5.41) is 11.2. The zero-order valence-corrected chi connectivity index (χ0v) is 15.4. The maximum atomic E-state index is 12.2. The SMILES string of the molecule is CC(=O)[C@H]1CC[C@H]2C3CC[C@@H]4CC(=O)CC[C@]4(C)[C@H]3C(O)C[C@]12C. The van der Waals surface area contributed by atoms with E-state index < -0.39 is 0 Å². The van der Waals surface area contributed by atoms with Gasteiger partial charge >= 0.3 is 0 Å². The van der Waals surface area contributed by atoms with Gasteiger partial charge < -0.3 is 5.11 Å². The zero-order valence-electron chi connectivity index (χ0n) is 15.4. The Balaban J connectivity index is 1.68. The van der Waals surface area contributed by atoms with Crippen LogP contribution in [0.1, 0.15) is 72.1 Å². The summed E-state index contributed by atoms with van der Waals surface area (Å²) in [4.78, 5) is 24.1. The first-order chi connectivity index (χ1) is 11.3. The van der Waals surface area contributed by atoms with Crippen molar-refractivity contribution in [3.05, 3.63) is 0 Å². The van der Waals surface area contributed by atoms with Gasteiger partial charge in [0.1, 0.15) is 11.6 Å². The Labute approximate surface area is 145 Å². The van der Waals surface area contributed by atoms with E-state index in [1.165, 1.54) is 0 Å². The lowest BCUT2D eigenvalue weighted by Crippen LogP contribution is -2.59. The predicted molar refractivity (Wildman–Crippen MR) is 92.3 cm³/mol. The fraction of sp³-hybridized carbons (Fsp3) is 0.905. The van der Waals surface area contributed by atoms with Crippen molar-refractivity contribution in [2.45, 2.75) is 78.2 Å². The topological polar surface area (TPSA) is 54.4 Å². The molecule has 4 aliphatic carbocycles. The van der Waals surface area contributed by atoms with Gasteiger partial charge in [-0.15, -0.1) is 0 Å². The second-order valence-electron chi connectivity index (χ2n) is 9.84. The van der Waals surface area contributed by atoms with Crippen molar-refractivity contribution in [3.63, 3.8) is 0 Å². The summed E-state index contributed by atoms with van der Waals surface area (Å²) >= 11 is 0. The number of fused-ring (bicyclic) bond motifs is 5. The molecule has 0 aromatic rings. The van der Waals surface area contributed by atoms with E-state index in [1.54, 1.807) is 6.92 Å². The van der Waals surface area contributed by atoms with E-state index >= 15 is 0 Å². The average molecular weight is 332 g/mol. The molecular formula is C21H32O3. The first-order valence-corrected chi connectivity index (χ1v) is 9.97. The van der Waals surface area contributed by atoms with Crippen molar-refractivity contribution >= 4 is 11.6 Å². The van der Waals surface area contributed by atoms with Crippen LogP contribution >= 0.6 is 0 Å². The largest absolute Gasteiger partial charge is 0.393 e. The molecule has 0 aliphatic heterocycles. The van der Waals surface area contributed by atoms with Crippen LogP contribution in [-0.2, 0) is 9.59 Å². The highest BCUT2D eigenvalue weighted by molar-refractivity contribution is 5.80. The molecule has 0 spiro atoms. The highest BCUT2D eigenvalue weighted by Crippen LogP contribution is 2.67. The molecule has 24 heavy (non-hydrogen) atoms. The maximum absolute atomic E-state index is 12.2. The Morgan fingerprint density at radius 3 is 2.58 bits per heavy atom. The van der Waals surface area contributed by atoms with Crippen LogP contribution in [0.3, 0.4) is 0 Å². The first kappa shape index (κ1) is 16.8. The van der Waals surface area contributed by atoms with Gasteiger partial charge in [-0.1, -0.05) is 13.8 Å². The molecule has 0 amide bonds. The molecule has 0 saturated heterocycles. The highest BCUT2D eigenvalue weighted by atomic mass is 16.3. The van der Waals surface area contributed by atoms with E-state index in [0.29, 0.717) is 41.7 Å². The third-order valence-corrected chi connectivity index (χ3v) is 8.90. The summed E-state index contributed by atoms with van der Waals surface area (Å²) in [5.74, 6) is 2.78. The van der Waals surface area contributed by atoms with Gasteiger partial charge in [-0.25, -0.2) is 0 Å². The second kappa shape index (κ2) is 5.40. The van der Waals surface area contributed by atoms with Crippen LogP contribution in [0, 0.1) is 40.4 Å². The van der Waals surface area contributed by atoms with Crippen LogP contribution in [0.2, 0.25) is 0 Å². The van der Waals surface area contributed by atoms with Crippen molar-refractivity contribution in [3.8, 4) is 0 Å². The summed E-state index contributed by atoms with van der Waals surface area (Å²) in [7, 11) is 0. The third-order valence-electron chi connectivity index (χ3n) is 8.90. The summed E-state index contributed by atoms with van der Waals surface area (Å²) in [6, 6.07) is 0. The number of carbonyl (C=O) groups is 2. The molecule has 0 radical (unpaired) electrons. The number of carbonyl (C=O) groups excluding carboxylic acids is 2. The van der Waals surface area contributed by atoms with E-state index in [1.807, 2.05) is 0 Å². The maximum Gasteiger partial charge on any atom is 0.133 e. The van der Waals surface area contributed by atoms with Gasteiger partial charge in [-0.05, 0) is 80.0 Å². The molecule has 0 aromatic heterocycles. The van der Waals surface area contributed by atoms with Crippen molar-refractivity contribution in [1.82, 2.24) is 0 Å². The summed E-state index contributed by atoms with van der Waals surface area (Å²) in [6.07, 6.45) is 7.27. The van der Waals surface area contributed by atoms with Gasteiger partial charge in [0, 0.05) is 18.8 Å². The van der Waals surface area contributed by atoms with E-state index in [-0.39, 0.29) is 22.9 Å². The lowest BCUT2D eigenvalue weighted by Gasteiger charge is -2.61. The van der Waals surface area contributed by atoms with Gasteiger partial charge in [0.2, 0.25) is 0 Å². The Morgan fingerprint density at radius 1 is 1.12 bits per heavy atom. The van der Waals surface area contributed by atoms with Crippen molar-refractivity contribution in [1.29, 1.82) is 0 Å². The van der Waals surface area contributed by atoms with Crippen LogP contribution in [0.4, 0.5) is 0 Å². The second-order valence-corrected chi connectivity index (χ2v) is 9.84. The van der Waals surface area contributed by atoms with Crippen LogP contribution in [0.5, 0.6) is 0 Å². The molecule has 4 fully saturated rings. The Kier molecular flexibility index (Phi) is 3.77. The van der Waals surface area contributed by atoms with Crippen LogP contribution < -0.4 is 0 Å². The van der Waals surface area contributed by atoms with E-state index in [4.69, 9.17) is 0 Å². The minimum Gasteiger partial charge on any atom is -0.393 e. The molecular weight excluding hydrogens is 300 g/mol. The number of hydrogen-bond acceptors (Lipinski definition) is 3. The summed E-state index contributed by atoms with van der Waals surface area (Å²) < 4.78 is 0. The highest BCUT2D eigenvalue weighted by Gasteiger charge is 2.63. The molecule has 2 unspecified atom stereocenters. The number of rotatable bonds is 1. The monoisotopic (exact) mass is 332 g/mol. The Hall–Kier alpha value is -0.700. The molecule has 134 valence electrons. The number of hydrogen-bond donors (Lipinski definition) is 1. The smallest absolute Gasteiger partial charge is 0.133 e. The van der Waals surface area contributed by atoms with Gasteiger partial charge in [0.05, 0.1) is 6.10 Å². The fourth-order valence-electron chi connectivity index (χ4n) is 7.84. The molecule has 0 bridgehead atoms. The standard InChI is InChI=1S/C21H32O3/c1-12(22)16-6-7-17-15-5-4-13-10-14(23)8-9-20(13,2)19(15)18(24)11-21(16,17)3/h13,15-19,24H,4-11H2,1-3H3/t13-,15?,16-,17+,18?,19-,20+,21-/m1/s1. The predicted octanol–water partition coefficient (Wildman–Crippen LogP) is 3.77. The van der Waals surface area contributed by atoms with Crippen LogP contribution in [-0.4, -0.2) is 22.8 Å². The van der Waals surface area contributed by atoms with Gasteiger partial charge in [-0.3, -0.25) is 9.59 Å². The average Bonchev–Trinajstić information content (AvgIpc) is 2.84. The minimum absolute atomic E-state index is 0.0138. The molecule has 0 heterocycles. The molecule has 3 heteroatoms. The lowest BCUT2D eigenvalue weighted by atomic mass is 9.44. The molecule has 1 N–H and O–H groups in total. The minimum atomic E-state index is -0.308. The molecule has 4 rings (SSSR count). The normalized spacial score (nSPS) is 53.9. The quantitative estimate of drug-likeness (QED) is 0.795. The van der Waals surface area contributed by atoms with E-state index in [9.17, 15) is 14.7 Å². The number of Topliss-reactive ketones (excluding diaryl/α,β-unsaturated/α-hetero) is 2. The van der Waals surface area contributed by atoms with Crippen molar-refractivity contribution in [2.24, 2.45) is 40.4 Å². The van der Waals surface area contributed by atoms with Crippen molar-refractivity contribution < 1.29 is 14.7 Å². The molecule has 3 nitrogen and oxygen atoms in total. The van der Waals surface area contributed by atoms with E-state index in [0.717, 1.165) is 44.9 Å². The first-order valence-electron chi connectivity index (χ1n) is 9.97. The fourth-order valence-corrected chi connectivity index (χ4v) is 7.84. The Morgan fingerprint density at radius 2 is 1.88 bits per heavy atom.